The highest BCUT2D eigenvalue weighted by Gasteiger charge is 2.26. The minimum atomic E-state index is -4.35. The van der Waals surface area contributed by atoms with Crippen LogP contribution >= 0.6 is 7.82 Å². The summed E-state index contributed by atoms with van der Waals surface area (Å²) in [5, 5.41) is 13.6. The van der Waals surface area contributed by atoms with Gasteiger partial charge in [0.05, 0.1) is 25.4 Å². The van der Waals surface area contributed by atoms with Crippen molar-refractivity contribution < 1.29 is 28.4 Å². The number of hydrogen-bond acceptors (Lipinski definition) is 6. The number of carbonyl (C=O) groups excluding carboxylic acids is 1. The van der Waals surface area contributed by atoms with E-state index in [0.29, 0.717) is 6.42 Å². The number of hydrogen-bond donors (Lipinski definition) is 4. The van der Waals surface area contributed by atoms with E-state index in [2.05, 4.69) is 55.6 Å². The van der Waals surface area contributed by atoms with Crippen molar-refractivity contribution in [2.45, 2.75) is 180 Å². The lowest BCUT2D eigenvalue weighted by atomic mass is 10.1. The molecule has 0 rings (SSSR count). The van der Waals surface area contributed by atoms with Crippen molar-refractivity contribution in [1.82, 2.24) is 5.32 Å². The largest absolute Gasteiger partial charge is 0.472 e. The first-order valence-electron chi connectivity index (χ1n) is 19.8. The Labute approximate surface area is 301 Å². The lowest BCUT2D eigenvalue weighted by Gasteiger charge is -2.23. The third kappa shape index (κ3) is 34.7. The molecule has 0 aromatic heterocycles. The van der Waals surface area contributed by atoms with Crippen LogP contribution in [0.4, 0.5) is 0 Å². The Bertz CT molecular complexity index is 907. The normalized spacial score (nSPS) is 14.8. The van der Waals surface area contributed by atoms with Gasteiger partial charge in [-0.25, -0.2) is 4.57 Å². The number of carbonyl (C=O) groups is 1. The van der Waals surface area contributed by atoms with Gasteiger partial charge in [0.2, 0.25) is 5.91 Å². The molecule has 3 atom stereocenters. The molecule has 0 heterocycles. The number of aliphatic hydroxyl groups excluding tert-OH is 1. The molecule has 1 amide bonds. The van der Waals surface area contributed by atoms with E-state index in [4.69, 9.17) is 14.8 Å². The molecule has 0 fully saturated rings. The van der Waals surface area contributed by atoms with Gasteiger partial charge in [0.15, 0.2) is 0 Å². The number of allylic oxidation sites excluding steroid dienone is 7. The molecule has 0 aliphatic heterocycles. The number of unbranched alkanes of at least 4 members (excludes halogenated alkanes) is 18. The van der Waals surface area contributed by atoms with Crippen LogP contribution in [0.2, 0.25) is 0 Å². The Balaban J connectivity index is 4.38. The molecule has 0 aromatic rings. The van der Waals surface area contributed by atoms with Gasteiger partial charge in [-0.2, -0.15) is 0 Å². The van der Waals surface area contributed by atoms with Crippen molar-refractivity contribution in [1.29, 1.82) is 0 Å². The maximum Gasteiger partial charge on any atom is 0.472 e. The van der Waals surface area contributed by atoms with Crippen molar-refractivity contribution in [3.8, 4) is 0 Å². The zero-order chi connectivity index (χ0) is 36.1. The number of amides is 1. The summed E-state index contributed by atoms with van der Waals surface area (Å²) in [6.45, 7) is 4.05. The summed E-state index contributed by atoms with van der Waals surface area (Å²) in [5.41, 5.74) is 5.35. The summed E-state index contributed by atoms with van der Waals surface area (Å²) in [6, 6.07) is -0.886. The predicted molar refractivity (Wildman–Crippen MR) is 207 cm³/mol. The quantitative estimate of drug-likeness (QED) is 0.0289. The Morgan fingerprint density at radius 3 is 1.59 bits per heavy atom. The van der Waals surface area contributed by atoms with Crippen LogP contribution in [-0.4, -0.2) is 47.8 Å². The minimum Gasteiger partial charge on any atom is -0.387 e. The highest BCUT2D eigenvalue weighted by molar-refractivity contribution is 7.47. The molecule has 8 nitrogen and oxygen atoms in total. The molecular formula is C40H75N2O6P. The smallest absolute Gasteiger partial charge is 0.387 e. The van der Waals surface area contributed by atoms with E-state index in [-0.39, 0.29) is 25.7 Å². The molecule has 0 bridgehead atoms. The molecule has 5 N–H and O–H groups in total. The molecule has 0 radical (unpaired) electrons. The Morgan fingerprint density at radius 2 is 1.08 bits per heavy atom. The van der Waals surface area contributed by atoms with Crippen molar-refractivity contribution in [2.24, 2.45) is 5.73 Å². The standard InChI is InChI=1S/C40H75N2O6P/c1-3-5-7-9-11-13-15-17-19-20-22-24-26-28-30-32-34-40(44)42-38(37-48-49(45,46)47-36-35-41)39(43)33-31-29-27-25-23-21-18-16-14-12-10-8-6-4-2/h14,16,19-20,23,25,31,33,38-39,43H,3-13,15,17-18,21-22,24,26-30,32,34-37,41H2,1-2H3,(H,42,44)(H,45,46)/b16-14+,20-19-,25-23+,33-31+. The third-order valence-electron chi connectivity index (χ3n) is 8.35. The van der Waals surface area contributed by atoms with Crippen molar-refractivity contribution in [3.63, 3.8) is 0 Å². The molecule has 286 valence electrons. The fourth-order valence-electron chi connectivity index (χ4n) is 5.33. The van der Waals surface area contributed by atoms with Crippen LogP contribution in [0.3, 0.4) is 0 Å². The van der Waals surface area contributed by atoms with Gasteiger partial charge in [-0.3, -0.25) is 13.8 Å². The first kappa shape index (κ1) is 47.5. The van der Waals surface area contributed by atoms with E-state index in [1.807, 2.05) is 6.08 Å². The van der Waals surface area contributed by atoms with E-state index in [1.54, 1.807) is 6.08 Å². The maximum absolute atomic E-state index is 12.7. The fraction of sp³-hybridized carbons (Fsp3) is 0.775. The number of phosphoric ester groups is 1. The molecule has 0 aromatic carbocycles. The molecule has 0 saturated heterocycles. The van der Waals surface area contributed by atoms with Crippen LogP contribution in [0.1, 0.15) is 168 Å². The molecule has 0 aliphatic carbocycles. The number of nitrogens with two attached hydrogens (primary N) is 1. The second-order valence-corrected chi connectivity index (χ2v) is 14.6. The van der Waals surface area contributed by atoms with Crippen molar-refractivity contribution >= 4 is 13.7 Å². The van der Waals surface area contributed by atoms with Crippen molar-refractivity contribution in [3.05, 3.63) is 48.6 Å². The number of rotatable bonds is 36. The predicted octanol–water partition coefficient (Wildman–Crippen LogP) is 10.6. The van der Waals surface area contributed by atoms with Gasteiger partial charge in [0.1, 0.15) is 0 Å². The van der Waals surface area contributed by atoms with Crippen LogP contribution in [0.25, 0.3) is 0 Å². The minimum absolute atomic E-state index is 0.0692. The second-order valence-electron chi connectivity index (χ2n) is 13.1. The van der Waals surface area contributed by atoms with Gasteiger partial charge in [-0.15, -0.1) is 0 Å². The van der Waals surface area contributed by atoms with Gasteiger partial charge >= 0.3 is 7.82 Å². The molecule has 3 unspecified atom stereocenters. The lowest BCUT2D eigenvalue weighted by molar-refractivity contribution is -0.123. The first-order chi connectivity index (χ1) is 23.9. The van der Waals surface area contributed by atoms with E-state index in [1.165, 1.54) is 77.0 Å². The van der Waals surface area contributed by atoms with E-state index in [9.17, 15) is 19.4 Å². The molecule has 49 heavy (non-hydrogen) atoms. The Hall–Kier alpha value is -1.54. The number of nitrogens with one attached hydrogen (secondary N) is 1. The molecular weight excluding hydrogens is 635 g/mol. The second kappa shape index (κ2) is 36.3. The Kier molecular flexibility index (Phi) is 35.1. The van der Waals surface area contributed by atoms with Crippen LogP contribution < -0.4 is 11.1 Å². The molecule has 0 aliphatic rings. The first-order valence-corrected chi connectivity index (χ1v) is 21.3. The summed E-state index contributed by atoms with van der Waals surface area (Å²) in [7, 11) is -4.35. The summed E-state index contributed by atoms with van der Waals surface area (Å²) in [4.78, 5) is 22.6. The monoisotopic (exact) mass is 711 g/mol. The number of aliphatic hydroxyl groups is 1. The van der Waals surface area contributed by atoms with Crippen LogP contribution in [0.5, 0.6) is 0 Å². The highest BCUT2D eigenvalue weighted by atomic mass is 31.2. The summed E-state index contributed by atoms with van der Waals surface area (Å²) >= 11 is 0. The molecule has 0 saturated carbocycles. The van der Waals surface area contributed by atoms with Gasteiger partial charge in [0, 0.05) is 13.0 Å². The zero-order valence-electron chi connectivity index (χ0n) is 31.4. The fourth-order valence-corrected chi connectivity index (χ4v) is 6.09. The average molecular weight is 711 g/mol. The topological polar surface area (TPSA) is 131 Å². The van der Waals surface area contributed by atoms with Gasteiger partial charge < -0.3 is 21.1 Å². The summed E-state index contributed by atoms with van der Waals surface area (Å²) < 4.78 is 22.0. The van der Waals surface area contributed by atoms with Crippen LogP contribution in [0.15, 0.2) is 48.6 Å². The lowest BCUT2D eigenvalue weighted by Crippen LogP contribution is -2.45. The maximum atomic E-state index is 12.7. The van der Waals surface area contributed by atoms with E-state index < -0.39 is 20.0 Å². The van der Waals surface area contributed by atoms with E-state index in [0.717, 1.165) is 70.6 Å². The van der Waals surface area contributed by atoms with Crippen LogP contribution in [-0.2, 0) is 18.4 Å². The van der Waals surface area contributed by atoms with Gasteiger partial charge in [-0.05, 0) is 70.6 Å². The van der Waals surface area contributed by atoms with Crippen molar-refractivity contribution in [2.75, 3.05) is 19.8 Å². The van der Waals surface area contributed by atoms with E-state index >= 15 is 0 Å². The molecule has 9 heteroatoms. The highest BCUT2D eigenvalue weighted by Crippen LogP contribution is 2.43. The third-order valence-corrected chi connectivity index (χ3v) is 9.34. The zero-order valence-corrected chi connectivity index (χ0v) is 32.3. The van der Waals surface area contributed by atoms with Crippen LogP contribution in [0, 0.1) is 0 Å². The Morgan fingerprint density at radius 1 is 0.653 bits per heavy atom. The van der Waals surface area contributed by atoms with Gasteiger partial charge in [0.25, 0.3) is 0 Å². The van der Waals surface area contributed by atoms with Gasteiger partial charge in [-0.1, -0.05) is 140 Å². The SMILES string of the molecule is CCCCCC/C=C/CC/C=C/CC/C=C/C(O)C(COP(=O)(O)OCCN)NC(=O)CCCCCCC/C=C\CCCCCCCCC. The summed E-state index contributed by atoms with van der Waals surface area (Å²) in [6.07, 6.45) is 43.0. The summed E-state index contributed by atoms with van der Waals surface area (Å²) in [5.74, 6) is -0.220. The molecule has 0 spiro atoms. The number of phosphoric acid groups is 1. The average Bonchev–Trinajstić information content (AvgIpc) is 3.09.